The summed E-state index contributed by atoms with van der Waals surface area (Å²) in [6.45, 7) is 9.94. The van der Waals surface area contributed by atoms with E-state index in [4.69, 9.17) is 4.74 Å². The van der Waals surface area contributed by atoms with Crippen LogP contribution in [0.2, 0.25) is 0 Å². The Morgan fingerprint density at radius 1 is 1.29 bits per heavy atom. The minimum atomic E-state index is 0.218. The molecule has 0 bridgehead atoms. The van der Waals surface area contributed by atoms with Crippen molar-refractivity contribution in [2.45, 2.75) is 51.9 Å². The van der Waals surface area contributed by atoms with E-state index in [0.717, 1.165) is 48.7 Å². The van der Waals surface area contributed by atoms with Gasteiger partial charge < -0.3 is 10.1 Å². The van der Waals surface area contributed by atoms with E-state index in [9.17, 15) is 0 Å². The fourth-order valence-corrected chi connectivity index (χ4v) is 3.24. The zero-order valence-corrected chi connectivity index (χ0v) is 15.1. The van der Waals surface area contributed by atoms with E-state index in [1.165, 1.54) is 18.4 Å². The van der Waals surface area contributed by atoms with Crippen molar-refractivity contribution in [1.82, 2.24) is 5.32 Å². The quantitative estimate of drug-likeness (QED) is 0.784. The first-order chi connectivity index (χ1) is 10.0. The summed E-state index contributed by atoms with van der Waals surface area (Å²) in [5.74, 6) is 1.79. The van der Waals surface area contributed by atoms with Gasteiger partial charge in [-0.3, -0.25) is 0 Å². The van der Waals surface area contributed by atoms with Crippen molar-refractivity contribution in [2.24, 2.45) is 5.92 Å². The minimum absolute atomic E-state index is 0.218. The third kappa shape index (κ3) is 4.72. The average molecular weight is 354 g/mol. The van der Waals surface area contributed by atoms with Crippen molar-refractivity contribution in [3.8, 4) is 5.75 Å². The molecule has 0 amide bonds. The fourth-order valence-electron chi connectivity index (χ4n) is 2.75. The summed E-state index contributed by atoms with van der Waals surface area (Å²) in [6.07, 6.45) is 4.87. The molecule has 0 saturated carbocycles. The summed E-state index contributed by atoms with van der Waals surface area (Å²) in [6, 6.07) is 6.52. The Balaban J connectivity index is 1.89. The lowest BCUT2D eigenvalue weighted by molar-refractivity contribution is 0.250. The average Bonchev–Trinajstić information content (AvgIpc) is 2.50. The van der Waals surface area contributed by atoms with Crippen LogP contribution in [0.4, 0.5) is 0 Å². The smallest absolute Gasteiger partial charge is 0.133 e. The second kappa shape index (κ2) is 7.64. The topological polar surface area (TPSA) is 21.3 Å². The lowest BCUT2D eigenvalue weighted by Gasteiger charge is -2.24. The number of benzene rings is 1. The van der Waals surface area contributed by atoms with Crippen LogP contribution in [0.25, 0.3) is 0 Å². The van der Waals surface area contributed by atoms with Crippen LogP contribution in [0.3, 0.4) is 0 Å². The summed E-state index contributed by atoms with van der Waals surface area (Å²) >= 11 is 3.66. The molecule has 1 aliphatic rings. The SMILES string of the molecule is CCC(C)(C)c1ccc(OCCC2CCNCC2)c(Br)c1. The molecule has 1 N–H and O–H groups in total. The fraction of sp³-hybridized carbons (Fsp3) is 0.667. The summed E-state index contributed by atoms with van der Waals surface area (Å²) in [4.78, 5) is 0. The van der Waals surface area contributed by atoms with Crippen LogP contribution >= 0.6 is 15.9 Å². The number of hydrogen-bond acceptors (Lipinski definition) is 2. The summed E-state index contributed by atoms with van der Waals surface area (Å²) < 4.78 is 7.05. The lowest BCUT2D eigenvalue weighted by atomic mass is 9.82. The van der Waals surface area contributed by atoms with E-state index in [1.807, 2.05) is 0 Å². The summed E-state index contributed by atoms with van der Waals surface area (Å²) in [5.41, 5.74) is 1.58. The molecule has 1 fully saturated rings. The molecule has 118 valence electrons. The molecule has 1 aromatic rings. The molecule has 0 unspecified atom stereocenters. The van der Waals surface area contributed by atoms with Crippen LogP contribution in [-0.2, 0) is 5.41 Å². The molecule has 1 heterocycles. The Morgan fingerprint density at radius 2 is 2.00 bits per heavy atom. The molecule has 2 rings (SSSR count). The molecule has 0 aliphatic carbocycles. The normalized spacial score (nSPS) is 17.0. The van der Waals surface area contributed by atoms with Gasteiger partial charge in [-0.15, -0.1) is 0 Å². The summed E-state index contributed by atoms with van der Waals surface area (Å²) in [7, 11) is 0. The maximum absolute atomic E-state index is 5.97. The molecular weight excluding hydrogens is 326 g/mol. The van der Waals surface area contributed by atoms with E-state index in [0.29, 0.717) is 0 Å². The maximum Gasteiger partial charge on any atom is 0.133 e. The van der Waals surface area contributed by atoms with Gasteiger partial charge in [0.2, 0.25) is 0 Å². The third-order valence-electron chi connectivity index (χ3n) is 4.84. The van der Waals surface area contributed by atoms with Crippen molar-refractivity contribution >= 4 is 15.9 Å². The zero-order chi connectivity index (χ0) is 15.3. The largest absolute Gasteiger partial charge is 0.492 e. The monoisotopic (exact) mass is 353 g/mol. The van der Waals surface area contributed by atoms with E-state index < -0.39 is 0 Å². The van der Waals surface area contributed by atoms with Gasteiger partial charge in [0.15, 0.2) is 0 Å². The highest BCUT2D eigenvalue weighted by Crippen LogP contribution is 2.33. The Hall–Kier alpha value is -0.540. The standard InChI is InChI=1S/C18H28BrNO/c1-4-18(2,3)15-5-6-17(16(19)13-15)21-12-9-14-7-10-20-11-8-14/h5-6,13-14,20H,4,7-12H2,1-3H3. The van der Waals surface area contributed by atoms with Gasteiger partial charge in [0, 0.05) is 0 Å². The molecule has 2 nitrogen and oxygen atoms in total. The van der Waals surface area contributed by atoms with Gasteiger partial charge in [0.1, 0.15) is 5.75 Å². The highest BCUT2D eigenvalue weighted by Gasteiger charge is 2.19. The number of piperidine rings is 1. The highest BCUT2D eigenvalue weighted by atomic mass is 79.9. The Kier molecular flexibility index (Phi) is 6.12. The van der Waals surface area contributed by atoms with E-state index >= 15 is 0 Å². The second-order valence-corrected chi connectivity index (χ2v) is 7.57. The molecule has 0 radical (unpaired) electrons. The van der Waals surface area contributed by atoms with Crippen LogP contribution < -0.4 is 10.1 Å². The first-order valence-corrected chi connectivity index (χ1v) is 8.96. The molecule has 0 spiro atoms. The van der Waals surface area contributed by atoms with Crippen LogP contribution in [0.1, 0.15) is 52.0 Å². The van der Waals surface area contributed by atoms with Crippen molar-refractivity contribution in [3.63, 3.8) is 0 Å². The van der Waals surface area contributed by atoms with Crippen LogP contribution in [0.15, 0.2) is 22.7 Å². The number of rotatable bonds is 6. The van der Waals surface area contributed by atoms with Crippen molar-refractivity contribution < 1.29 is 4.74 Å². The van der Waals surface area contributed by atoms with Crippen LogP contribution in [0, 0.1) is 5.92 Å². The van der Waals surface area contributed by atoms with E-state index in [2.05, 4.69) is 60.2 Å². The highest BCUT2D eigenvalue weighted by molar-refractivity contribution is 9.10. The number of nitrogens with one attached hydrogen (secondary N) is 1. The molecule has 21 heavy (non-hydrogen) atoms. The van der Waals surface area contributed by atoms with Gasteiger partial charge in [-0.2, -0.15) is 0 Å². The predicted octanol–water partition coefficient (Wildman–Crippen LogP) is 4.91. The molecule has 1 aromatic carbocycles. The molecule has 1 aliphatic heterocycles. The van der Waals surface area contributed by atoms with Gasteiger partial charge in [-0.25, -0.2) is 0 Å². The lowest BCUT2D eigenvalue weighted by Crippen LogP contribution is -2.28. The first kappa shape index (κ1) is 16.8. The van der Waals surface area contributed by atoms with Gasteiger partial charge in [0.25, 0.3) is 0 Å². The Morgan fingerprint density at radius 3 is 2.62 bits per heavy atom. The second-order valence-electron chi connectivity index (χ2n) is 6.71. The number of hydrogen-bond donors (Lipinski definition) is 1. The third-order valence-corrected chi connectivity index (χ3v) is 5.46. The van der Waals surface area contributed by atoms with Crippen LogP contribution in [-0.4, -0.2) is 19.7 Å². The van der Waals surface area contributed by atoms with Crippen molar-refractivity contribution in [1.29, 1.82) is 0 Å². The van der Waals surface area contributed by atoms with E-state index in [-0.39, 0.29) is 5.41 Å². The molecule has 0 atom stereocenters. The van der Waals surface area contributed by atoms with Gasteiger partial charge >= 0.3 is 0 Å². The molecular formula is C18H28BrNO. The predicted molar refractivity (Wildman–Crippen MR) is 93.2 cm³/mol. The van der Waals surface area contributed by atoms with Gasteiger partial charge in [-0.05, 0) is 83.7 Å². The number of halogens is 1. The molecule has 1 saturated heterocycles. The van der Waals surface area contributed by atoms with Crippen LogP contribution in [0.5, 0.6) is 5.75 Å². The van der Waals surface area contributed by atoms with Crippen molar-refractivity contribution in [3.05, 3.63) is 28.2 Å². The Labute approximate surface area is 137 Å². The van der Waals surface area contributed by atoms with Crippen molar-refractivity contribution in [2.75, 3.05) is 19.7 Å². The van der Waals surface area contributed by atoms with Gasteiger partial charge in [-0.1, -0.05) is 26.8 Å². The van der Waals surface area contributed by atoms with Gasteiger partial charge in [0.05, 0.1) is 11.1 Å². The molecule has 3 heteroatoms. The summed E-state index contributed by atoms with van der Waals surface area (Å²) in [5, 5.41) is 3.41. The zero-order valence-electron chi connectivity index (χ0n) is 13.5. The first-order valence-electron chi connectivity index (χ1n) is 8.16. The minimum Gasteiger partial charge on any atom is -0.492 e. The Bertz CT molecular complexity index is 453. The number of ether oxygens (including phenoxy) is 1. The van der Waals surface area contributed by atoms with E-state index in [1.54, 1.807) is 0 Å². The maximum atomic E-state index is 5.97. The molecule has 0 aromatic heterocycles.